The monoisotopic (exact) mass is 367 g/mol. The number of rotatable bonds is 9. The van der Waals surface area contributed by atoms with Gasteiger partial charge in [0.25, 0.3) is 0 Å². The fourth-order valence-corrected chi connectivity index (χ4v) is 3.61. The minimum Gasteiger partial charge on any atom is -0.327 e. The van der Waals surface area contributed by atoms with Gasteiger partial charge in [-0.3, -0.25) is 0 Å². The highest BCUT2D eigenvalue weighted by Gasteiger charge is 2.07. The van der Waals surface area contributed by atoms with E-state index in [1.807, 2.05) is 0 Å². The maximum atomic E-state index is 5.91. The molecule has 1 unspecified atom stereocenters. The van der Waals surface area contributed by atoms with Crippen LogP contribution in [0.4, 0.5) is 0 Å². The topological polar surface area (TPSA) is 26.0 Å². The molecule has 0 aliphatic carbocycles. The van der Waals surface area contributed by atoms with Gasteiger partial charge in [-0.2, -0.15) is 0 Å². The molecular formula is C26H41N. The van der Waals surface area contributed by atoms with Gasteiger partial charge < -0.3 is 5.73 Å². The summed E-state index contributed by atoms with van der Waals surface area (Å²) in [6, 6.07) is 17.8. The summed E-state index contributed by atoms with van der Waals surface area (Å²) in [5.41, 5.74) is 11.5. The molecule has 0 spiro atoms. The van der Waals surface area contributed by atoms with Crippen molar-refractivity contribution in [1.29, 1.82) is 0 Å². The van der Waals surface area contributed by atoms with Gasteiger partial charge in [-0.1, -0.05) is 101 Å². The molecular weight excluding hydrogens is 326 g/mol. The normalized spacial score (nSPS) is 11.8. The van der Waals surface area contributed by atoms with Crippen LogP contribution >= 0.6 is 0 Å². The van der Waals surface area contributed by atoms with Crippen LogP contribution in [-0.2, 0) is 12.8 Å². The average Bonchev–Trinajstić information content (AvgIpc) is 2.66. The minimum atomic E-state index is 0.307. The predicted octanol–water partition coefficient (Wildman–Crippen LogP) is 7.03. The summed E-state index contributed by atoms with van der Waals surface area (Å²) in [4.78, 5) is 0. The second kappa shape index (κ2) is 13.6. The molecule has 0 saturated heterocycles. The highest BCUT2D eigenvalue weighted by molar-refractivity contribution is 5.30. The zero-order valence-corrected chi connectivity index (χ0v) is 18.3. The van der Waals surface area contributed by atoms with E-state index in [-0.39, 0.29) is 0 Å². The highest BCUT2D eigenvalue weighted by Crippen LogP contribution is 2.19. The van der Waals surface area contributed by atoms with Crippen LogP contribution < -0.4 is 5.73 Å². The van der Waals surface area contributed by atoms with Crippen LogP contribution in [0.2, 0.25) is 0 Å². The van der Waals surface area contributed by atoms with Gasteiger partial charge in [-0.05, 0) is 55.7 Å². The van der Waals surface area contributed by atoms with E-state index in [0.717, 1.165) is 18.8 Å². The van der Waals surface area contributed by atoms with Crippen molar-refractivity contribution >= 4 is 0 Å². The molecule has 1 heteroatoms. The summed E-state index contributed by atoms with van der Waals surface area (Å²) in [5, 5.41) is 0. The lowest BCUT2D eigenvalue weighted by Gasteiger charge is -2.14. The van der Waals surface area contributed by atoms with E-state index in [2.05, 4.69) is 83.1 Å². The first-order valence-electron chi connectivity index (χ1n) is 10.9. The van der Waals surface area contributed by atoms with Gasteiger partial charge in [-0.15, -0.1) is 0 Å². The molecule has 1 nitrogen and oxygen atoms in total. The molecule has 2 aromatic carbocycles. The number of hydrogen-bond acceptors (Lipinski definition) is 1. The molecule has 0 aliphatic heterocycles. The van der Waals surface area contributed by atoms with Crippen molar-refractivity contribution in [2.75, 3.05) is 0 Å². The first kappa shape index (κ1) is 23.4. The van der Waals surface area contributed by atoms with Gasteiger partial charge in [0.1, 0.15) is 0 Å². The lowest BCUT2D eigenvalue weighted by Crippen LogP contribution is -2.21. The maximum absolute atomic E-state index is 5.91. The molecule has 1 atom stereocenters. The van der Waals surface area contributed by atoms with Gasteiger partial charge in [0.15, 0.2) is 0 Å². The third-order valence-electron chi connectivity index (χ3n) is 5.27. The van der Waals surface area contributed by atoms with Crippen molar-refractivity contribution in [3.63, 3.8) is 0 Å². The summed E-state index contributed by atoms with van der Waals surface area (Å²) in [5.74, 6) is 0.896. The van der Waals surface area contributed by atoms with Crippen molar-refractivity contribution in [1.82, 2.24) is 0 Å². The van der Waals surface area contributed by atoms with E-state index in [1.165, 1.54) is 54.4 Å². The van der Waals surface area contributed by atoms with Crippen molar-refractivity contribution < 1.29 is 0 Å². The maximum Gasteiger partial charge on any atom is 0.00767 e. The van der Waals surface area contributed by atoms with Crippen molar-refractivity contribution in [3.05, 3.63) is 70.8 Å². The van der Waals surface area contributed by atoms with Crippen LogP contribution in [0.5, 0.6) is 0 Å². The van der Waals surface area contributed by atoms with Gasteiger partial charge in [0.2, 0.25) is 0 Å². The summed E-state index contributed by atoms with van der Waals surface area (Å²) in [7, 11) is 0. The molecule has 0 radical (unpaired) electrons. The molecule has 2 rings (SSSR count). The fraction of sp³-hybridized carbons (Fsp3) is 0.538. The molecule has 150 valence electrons. The van der Waals surface area contributed by atoms with E-state index in [0.29, 0.717) is 6.04 Å². The smallest absolute Gasteiger partial charge is 0.00767 e. The zero-order chi connectivity index (χ0) is 20.1. The SMILES string of the molecule is CCC(N)Cc1ccc(C)cc1C.CCCC(CCC)Cc1ccccc1. The van der Waals surface area contributed by atoms with Gasteiger partial charge in [0, 0.05) is 6.04 Å². The number of aryl methyl sites for hydroxylation is 2. The molecule has 0 bridgehead atoms. The van der Waals surface area contributed by atoms with E-state index >= 15 is 0 Å². The standard InChI is InChI=1S/C14H22.C12H19N/c1-3-8-13(9-4-2)12-14-10-6-5-7-11-14;1-4-12(13)8-11-6-5-9(2)7-10(11)3/h5-7,10-11,13H,3-4,8-9,12H2,1-2H3;5-7,12H,4,8,13H2,1-3H3. The average molecular weight is 368 g/mol. The Bertz CT molecular complexity index is 611. The lowest BCUT2D eigenvalue weighted by atomic mass is 9.91. The molecule has 0 saturated carbocycles. The Balaban J connectivity index is 0.000000271. The second-order valence-electron chi connectivity index (χ2n) is 7.94. The quantitative estimate of drug-likeness (QED) is 0.506. The molecule has 0 heterocycles. The molecule has 0 aliphatic rings. The van der Waals surface area contributed by atoms with Crippen LogP contribution in [0.15, 0.2) is 48.5 Å². The minimum absolute atomic E-state index is 0.307. The Morgan fingerprint density at radius 1 is 0.815 bits per heavy atom. The van der Waals surface area contributed by atoms with Crippen LogP contribution in [0, 0.1) is 19.8 Å². The van der Waals surface area contributed by atoms with E-state index in [4.69, 9.17) is 5.73 Å². The van der Waals surface area contributed by atoms with E-state index in [1.54, 1.807) is 0 Å². The third-order valence-corrected chi connectivity index (χ3v) is 5.27. The summed E-state index contributed by atoms with van der Waals surface area (Å²) in [6.07, 6.45) is 8.71. The summed E-state index contributed by atoms with van der Waals surface area (Å²) in [6.45, 7) is 11.0. The first-order valence-corrected chi connectivity index (χ1v) is 10.9. The number of benzene rings is 2. The lowest BCUT2D eigenvalue weighted by molar-refractivity contribution is 0.438. The van der Waals surface area contributed by atoms with E-state index in [9.17, 15) is 0 Å². The largest absolute Gasteiger partial charge is 0.327 e. The van der Waals surface area contributed by atoms with Crippen LogP contribution in [0.1, 0.15) is 75.1 Å². The van der Waals surface area contributed by atoms with Gasteiger partial charge >= 0.3 is 0 Å². The number of hydrogen-bond donors (Lipinski definition) is 1. The van der Waals surface area contributed by atoms with Crippen molar-refractivity contribution in [2.24, 2.45) is 11.7 Å². The van der Waals surface area contributed by atoms with E-state index < -0.39 is 0 Å². The summed E-state index contributed by atoms with van der Waals surface area (Å²) >= 11 is 0. The first-order chi connectivity index (χ1) is 13.0. The van der Waals surface area contributed by atoms with Crippen LogP contribution in [-0.4, -0.2) is 6.04 Å². The molecule has 0 aromatic heterocycles. The van der Waals surface area contributed by atoms with Crippen molar-refractivity contribution in [3.8, 4) is 0 Å². The molecule has 0 fully saturated rings. The van der Waals surface area contributed by atoms with Crippen molar-refractivity contribution in [2.45, 2.75) is 85.6 Å². The summed E-state index contributed by atoms with van der Waals surface area (Å²) < 4.78 is 0. The molecule has 27 heavy (non-hydrogen) atoms. The third kappa shape index (κ3) is 9.77. The Morgan fingerprint density at radius 2 is 1.44 bits per heavy atom. The Hall–Kier alpha value is -1.60. The predicted molar refractivity (Wildman–Crippen MR) is 121 cm³/mol. The van der Waals surface area contributed by atoms with Crippen LogP contribution in [0.3, 0.4) is 0 Å². The Labute approximate surface area is 168 Å². The van der Waals surface area contributed by atoms with Crippen LogP contribution in [0.25, 0.3) is 0 Å². The number of nitrogens with two attached hydrogens (primary N) is 1. The van der Waals surface area contributed by atoms with Gasteiger partial charge in [-0.25, -0.2) is 0 Å². The highest BCUT2D eigenvalue weighted by atomic mass is 14.6. The molecule has 2 N–H and O–H groups in total. The zero-order valence-electron chi connectivity index (χ0n) is 18.3. The fourth-order valence-electron chi connectivity index (χ4n) is 3.61. The van der Waals surface area contributed by atoms with Gasteiger partial charge in [0.05, 0.1) is 0 Å². The Kier molecular flexibility index (Phi) is 11.8. The molecule has 2 aromatic rings. The second-order valence-corrected chi connectivity index (χ2v) is 7.94. The Morgan fingerprint density at radius 3 is 1.96 bits per heavy atom. The molecule has 0 amide bonds.